The summed E-state index contributed by atoms with van der Waals surface area (Å²) in [6, 6.07) is 38.9. The van der Waals surface area contributed by atoms with E-state index in [0.29, 0.717) is 22.9 Å². The maximum absolute atomic E-state index is 5.78. The Morgan fingerprint density at radius 2 is 0.611 bits per heavy atom. The summed E-state index contributed by atoms with van der Waals surface area (Å²) in [6.07, 6.45) is 0. The number of rotatable bonds is 6. The smallest absolute Gasteiger partial charge is 0.131 e. The molecule has 0 aliphatic heterocycles. The third-order valence-corrected chi connectivity index (χ3v) is 4.90. The van der Waals surface area contributed by atoms with Crippen molar-refractivity contribution >= 4 is 17.1 Å². The molecule has 0 bridgehead atoms. The summed E-state index contributed by atoms with van der Waals surface area (Å²) < 4.78 is 17.1. The van der Waals surface area contributed by atoms with Crippen LogP contribution in [0.15, 0.2) is 127 Å². The first-order valence-corrected chi connectivity index (χ1v) is 11.3. The van der Waals surface area contributed by atoms with Crippen LogP contribution in [0.4, 0.5) is 17.1 Å². The van der Waals surface area contributed by atoms with Crippen LogP contribution in [0, 0.1) is 0 Å². The van der Waals surface area contributed by atoms with Crippen molar-refractivity contribution in [1.29, 1.82) is 0 Å². The molecule has 5 aromatic rings. The summed E-state index contributed by atoms with van der Waals surface area (Å²) in [5.74, 6) is 4.45. The molecule has 0 saturated heterocycles. The molecule has 5 rings (SSSR count). The van der Waals surface area contributed by atoms with Crippen LogP contribution in [-0.4, -0.2) is 0 Å². The minimum atomic E-state index is 0.692. The Balaban J connectivity index is 0.000000187. The van der Waals surface area contributed by atoms with Crippen molar-refractivity contribution in [3.8, 4) is 34.5 Å². The second-order valence-corrected chi connectivity index (χ2v) is 7.80. The molecule has 0 unspecified atom stereocenters. The van der Waals surface area contributed by atoms with Gasteiger partial charge in [-0.2, -0.15) is 0 Å². The average molecular weight is 478 g/mol. The number of nitrogens with two attached hydrogens (primary N) is 3. The van der Waals surface area contributed by atoms with Crippen molar-refractivity contribution in [1.82, 2.24) is 0 Å². The Morgan fingerprint density at radius 1 is 0.306 bits per heavy atom. The molecule has 0 radical (unpaired) electrons. The number of benzene rings is 5. The van der Waals surface area contributed by atoms with Gasteiger partial charge in [-0.15, -0.1) is 0 Å². The van der Waals surface area contributed by atoms with Crippen molar-refractivity contribution in [2.24, 2.45) is 0 Å². The fourth-order valence-corrected chi connectivity index (χ4v) is 3.11. The van der Waals surface area contributed by atoms with E-state index in [0.717, 1.165) is 28.7 Å². The van der Waals surface area contributed by atoms with Crippen LogP contribution in [0.25, 0.3) is 0 Å². The van der Waals surface area contributed by atoms with Crippen LogP contribution >= 0.6 is 0 Å². The zero-order valence-electron chi connectivity index (χ0n) is 19.6. The highest BCUT2D eigenvalue weighted by Gasteiger charge is 2.02. The molecule has 0 aromatic heterocycles. The van der Waals surface area contributed by atoms with Crippen LogP contribution in [0.5, 0.6) is 34.5 Å². The minimum absolute atomic E-state index is 0.692. The zero-order valence-corrected chi connectivity index (χ0v) is 19.6. The largest absolute Gasteiger partial charge is 0.457 e. The predicted octanol–water partition coefficient (Wildman–Crippen LogP) is 7.50. The Hall–Kier alpha value is -5.10. The van der Waals surface area contributed by atoms with Gasteiger partial charge in [0.05, 0.1) is 0 Å². The van der Waals surface area contributed by atoms with Gasteiger partial charge < -0.3 is 31.4 Å². The quantitative estimate of drug-likeness (QED) is 0.219. The lowest BCUT2D eigenvalue weighted by atomic mass is 10.3. The highest BCUT2D eigenvalue weighted by molar-refractivity contribution is 5.46. The fraction of sp³-hybridized carbons (Fsp3) is 0. The second kappa shape index (κ2) is 11.9. The normalized spacial score (nSPS) is 10.0. The Bertz CT molecular complexity index is 1290. The summed E-state index contributed by atoms with van der Waals surface area (Å²) in [6.45, 7) is 0. The molecule has 36 heavy (non-hydrogen) atoms. The summed E-state index contributed by atoms with van der Waals surface area (Å²) >= 11 is 0. The van der Waals surface area contributed by atoms with Crippen LogP contribution in [0.2, 0.25) is 0 Å². The van der Waals surface area contributed by atoms with Gasteiger partial charge in [0.2, 0.25) is 0 Å². The van der Waals surface area contributed by atoms with E-state index in [1.54, 1.807) is 24.3 Å². The lowest BCUT2D eigenvalue weighted by Gasteiger charge is -2.09. The molecule has 0 saturated carbocycles. The number of nitrogen functional groups attached to an aromatic ring is 3. The molecule has 0 spiro atoms. The highest BCUT2D eigenvalue weighted by Crippen LogP contribution is 2.29. The molecule has 0 amide bonds. The summed E-state index contributed by atoms with van der Waals surface area (Å²) in [5.41, 5.74) is 19.0. The standard InChI is InChI=1S/C18H16N2O2.C12H11NO/c19-13-4-8-15(9-5-13)21-17-2-1-3-18(12-17)22-16-10-6-14(20)7-11-16;13-10-6-8-12(9-7-10)14-11-4-2-1-3-5-11/h1-12H,19-20H2;1-9H,13H2. The van der Waals surface area contributed by atoms with Gasteiger partial charge in [-0.1, -0.05) is 24.3 Å². The topological polar surface area (TPSA) is 106 Å². The van der Waals surface area contributed by atoms with E-state index in [-0.39, 0.29) is 0 Å². The van der Waals surface area contributed by atoms with Crippen molar-refractivity contribution in [2.75, 3.05) is 17.2 Å². The van der Waals surface area contributed by atoms with E-state index >= 15 is 0 Å². The van der Waals surface area contributed by atoms with Gasteiger partial charge in [0.1, 0.15) is 34.5 Å². The van der Waals surface area contributed by atoms with E-state index in [2.05, 4.69) is 0 Å². The molecule has 0 fully saturated rings. The van der Waals surface area contributed by atoms with E-state index in [9.17, 15) is 0 Å². The SMILES string of the molecule is Nc1ccc(Oc2cccc(Oc3ccc(N)cc3)c2)cc1.Nc1ccc(Oc2ccccc2)cc1. The average Bonchev–Trinajstić information content (AvgIpc) is 2.90. The maximum Gasteiger partial charge on any atom is 0.131 e. The first kappa shape index (κ1) is 24.0. The summed E-state index contributed by atoms with van der Waals surface area (Å²) in [4.78, 5) is 0. The zero-order chi connectivity index (χ0) is 25.2. The van der Waals surface area contributed by atoms with Gasteiger partial charge in [0.15, 0.2) is 0 Å². The molecule has 180 valence electrons. The van der Waals surface area contributed by atoms with Crippen LogP contribution < -0.4 is 31.4 Å². The van der Waals surface area contributed by atoms with E-state index in [1.807, 2.05) is 103 Å². The van der Waals surface area contributed by atoms with Gasteiger partial charge in [0, 0.05) is 23.1 Å². The Labute approximate surface area is 210 Å². The van der Waals surface area contributed by atoms with Crippen LogP contribution in [0.3, 0.4) is 0 Å². The minimum Gasteiger partial charge on any atom is -0.457 e. The lowest BCUT2D eigenvalue weighted by molar-refractivity contribution is 0.460. The molecule has 5 aromatic carbocycles. The van der Waals surface area contributed by atoms with Crippen molar-refractivity contribution in [3.63, 3.8) is 0 Å². The van der Waals surface area contributed by atoms with Gasteiger partial charge in [-0.05, 0) is 97.1 Å². The predicted molar refractivity (Wildman–Crippen MR) is 146 cm³/mol. The number of anilines is 3. The van der Waals surface area contributed by atoms with Crippen LogP contribution in [-0.2, 0) is 0 Å². The molecule has 6 nitrogen and oxygen atoms in total. The highest BCUT2D eigenvalue weighted by atomic mass is 16.5. The number of ether oxygens (including phenoxy) is 3. The number of para-hydroxylation sites is 1. The van der Waals surface area contributed by atoms with E-state index < -0.39 is 0 Å². The van der Waals surface area contributed by atoms with Gasteiger partial charge in [-0.25, -0.2) is 0 Å². The molecule has 0 aliphatic rings. The number of hydrogen-bond acceptors (Lipinski definition) is 6. The third-order valence-electron chi connectivity index (χ3n) is 4.90. The molecule has 6 heteroatoms. The molecule has 0 atom stereocenters. The fourth-order valence-electron chi connectivity index (χ4n) is 3.11. The third kappa shape index (κ3) is 7.46. The van der Waals surface area contributed by atoms with Crippen molar-refractivity contribution < 1.29 is 14.2 Å². The Kier molecular flexibility index (Phi) is 7.91. The Morgan fingerprint density at radius 3 is 1.00 bits per heavy atom. The summed E-state index contributed by atoms with van der Waals surface area (Å²) in [5, 5.41) is 0. The van der Waals surface area contributed by atoms with E-state index in [4.69, 9.17) is 31.4 Å². The van der Waals surface area contributed by atoms with Gasteiger partial charge >= 0.3 is 0 Å². The summed E-state index contributed by atoms with van der Waals surface area (Å²) in [7, 11) is 0. The van der Waals surface area contributed by atoms with Crippen LogP contribution in [0.1, 0.15) is 0 Å². The van der Waals surface area contributed by atoms with Crippen molar-refractivity contribution in [3.05, 3.63) is 127 Å². The molecule has 0 aliphatic carbocycles. The molecular weight excluding hydrogens is 450 g/mol. The van der Waals surface area contributed by atoms with Gasteiger partial charge in [-0.3, -0.25) is 0 Å². The van der Waals surface area contributed by atoms with Gasteiger partial charge in [0.25, 0.3) is 0 Å². The second-order valence-electron chi connectivity index (χ2n) is 7.80. The lowest BCUT2D eigenvalue weighted by Crippen LogP contribution is -1.89. The maximum atomic E-state index is 5.78. The number of hydrogen-bond donors (Lipinski definition) is 3. The monoisotopic (exact) mass is 477 g/mol. The van der Waals surface area contributed by atoms with E-state index in [1.165, 1.54) is 0 Å². The first-order chi connectivity index (χ1) is 17.5. The molecule has 6 N–H and O–H groups in total. The van der Waals surface area contributed by atoms with Crippen molar-refractivity contribution in [2.45, 2.75) is 0 Å². The molecule has 0 heterocycles. The first-order valence-electron chi connectivity index (χ1n) is 11.3. The molecular formula is C30H27N3O3.